The van der Waals surface area contributed by atoms with Gasteiger partial charge in [-0.25, -0.2) is 9.18 Å². The molecule has 0 spiro atoms. The zero-order chi connectivity index (χ0) is 26.8. The number of amides is 2. The second-order valence-corrected chi connectivity index (χ2v) is 10.6. The first kappa shape index (κ1) is 26.4. The highest BCUT2D eigenvalue weighted by molar-refractivity contribution is 5.92. The maximum Gasteiger partial charge on any atom is 0.410 e. The number of aliphatic hydroxyl groups is 1. The van der Waals surface area contributed by atoms with Crippen LogP contribution in [0.5, 0.6) is 0 Å². The summed E-state index contributed by atoms with van der Waals surface area (Å²) in [4.78, 5) is 35.3. The van der Waals surface area contributed by atoms with Crippen LogP contribution in [0.15, 0.2) is 36.5 Å². The Balaban J connectivity index is 1.23. The van der Waals surface area contributed by atoms with Gasteiger partial charge in [0, 0.05) is 43.5 Å². The van der Waals surface area contributed by atoms with Crippen LogP contribution in [0.1, 0.15) is 62.9 Å². The molecule has 4 heterocycles. The van der Waals surface area contributed by atoms with E-state index in [9.17, 15) is 14.7 Å². The number of hydrogen-bond acceptors (Lipinski definition) is 6. The quantitative estimate of drug-likeness (QED) is 0.601. The minimum Gasteiger partial charge on any atom is -0.444 e. The summed E-state index contributed by atoms with van der Waals surface area (Å²) in [6.07, 6.45) is 5.27. The van der Waals surface area contributed by atoms with Crippen molar-refractivity contribution in [2.45, 2.75) is 76.7 Å². The largest absolute Gasteiger partial charge is 0.444 e. The predicted molar refractivity (Wildman–Crippen MR) is 142 cm³/mol. The molecular weight excluding hydrogens is 487 g/mol. The van der Waals surface area contributed by atoms with Crippen molar-refractivity contribution in [3.05, 3.63) is 48.0 Å². The zero-order valence-electron chi connectivity index (χ0n) is 22.2. The number of fused-ring (bicyclic) bond motifs is 2. The summed E-state index contributed by atoms with van der Waals surface area (Å²) < 4.78 is 21.2. The lowest BCUT2D eigenvalue weighted by Crippen LogP contribution is -2.50. The van der Waals surface area contributed by atoms with Crippen LogP contribution >= 0.6 is 0 Å². The van der Waals surface area contributed by atoms with Crippen LogP contribution in [-0.4, -0.2) is 82.4 Å². The van der Waals surface area contributed by atoms with Crippen molar-refractivity contribution >= 4 is 17.7 Å². The standard InChI is InChI=1S/C29H37FN4O4/c1-3-32(4-2)28(36)26-11-7-20(17-31-26)19-8-12-27(25(30)14-19)33-13-5-6-24(18-33)38-29(37)34-21-9-10-22(34)16-23(35)15-21/h7-8,11-12,14,17,21-24,35H,3-6,9-10,13,15-16,18H2,1-2H3. The summed E-state index contributed by atoms with van der Waals surface area (Å²) >= 11 is 0. The first-order valence-corrected chi connectivity index (χ1v) is 13.8. The molecule has 1 aromatic heterocycles. The van der Waals surface area contributed by atoms with E-state index in [-0.39, 0.29) is 42.1 Å². The molecule has 1 aromatic carbocycles. The number of carbonyl (C=O) groups is 2. The maximum atomic E-state index is 15.3. The number of aromatic nitrogens is 1. The van der Waals surface area contributed by atoms with Gasteiger partial charge in [-0.2, -0.15) is 0 Å². The average molecular weight is 525 g/mol. The average Bonchev–Trinajstić information content (AvgIpc) is 3.20. The Hall–Kier alpha value is -3.20. The topological polar surface area (TPSA) is 86.2 Å². The van der Waals surface area contributed by atoms with Crippen LogP contribution in [0.2, 0.25) is 0 Å². The van der Waals surface area contributed by atoms with E-state index in [1.165, 1.54) is 6.07 Å². The molecule has 0 saturated carbocycles. The normalized spacial score (nSPS) is 24.8. The molecule has 1 N–H and O–H groups in total. The van der Waals surface area contributed by atoms with E-state index in [0.29, 0.717) is 56.0 Å². The summed E-state index contributed by atoms with van der Waals surface area (Å²) in [7, 11) is 0. The van der Waals surface area contributed by atoms with E-state index in [1.807, 2.05) is 29.7 Å². The predicted octanol–water partition coefficient (Wildman–Crippen LogP) is 4.46. The van der Waals surface area contributed by atoms with Crippen molar-refractivity contribution < 1.29 is 23.8 Å². The van der Waals surface area contributed by atoms with E-state index in [4.69, 9.17) is 4.74 Å². The number of pyridine rings is 1. The van der Waals surface area contributed by atoms with E-state index < -0.39 is 0 Å². The van der Waals surface area contributed by atoms with Gasteiger partial charge < -0.3 is 24.5 Å². The molecule has 3 saturated heterocycles. The van der Waals surface area contributed by atoms with Gasteiger partial charge in [0.25, 0.3) is 5.91 Å². The fraction of sp³-hybridized carbons (Fsp3) is 0.552. The lowest BCUT2D eigenvalue weighted by Gasteiger charge is -2.39. The highest BCUT2D eigenvalue weighted by Crippen LogP contribution is 2.37. The smallest absolute Gasteiger partial charge is 0.410 e. The van der Waals surface area contributed by atoms with Gasteiger partial charge in [-0.3, -0.25) is 9.78 Å². The first-order chi connectivity index (χ1) is 18.4. The highest BCUT2D eigenvalue weighted by Gasteiger charge is 2.44. The van der Waals surface area contributed by atoms with Gasteiger partial charge in [-0.05, 0) is 76.1 Å². The summed E-state index contributed by atoms with van der Waals surface area (Å²) in [6.45, 7) is 6.22. The Morgan fingerprint density at radius 1 is 1.08 bits per heavy atom. The van der Waals surface area contributed by atoms with E-state index in [2.05, 4.69) is 4.98 Å². The Kier molecular flexibility index (Phi) is 7.83. The molecule has 8 nitrogen and oxygen atoms in total. The van der Waals surface area contributed by atoms with Crippen LogP contribution in [0.25, 0.3) is 11.1 Å². The van der Waals surface area contributed by atoms with Gasteiger partial charge in [0.05, 0.1) is 18.3 Å². The second-order valence-electron chi connectivity index (χ2n) is 10.6. The molecule has 204 valence electrons. The lowest BCUT2D eigenvalue weighted by molar-refractivity contribution is 0.00639. The van der Waals surface area contributed by atoms with Crippen LogP contribution in [0, 0.1) is 5.82 Å². The van der Waals surface area contributed by atoms with Gasteiger partial charge in [0.1, 0.15) is 17.6 Å². The minimum atomic E-state index is -0.346. The van der Waals surface area contributed by atoms with Crippen molar-refractivity contribution in [1.82, 2.24) is 14.8 Å². The molecule has 3 aliphatic heterocycles. The second kappa shape index (κ2) is 11.3. The Labute approximate surface area is 223 Å². The minimum absolute atomic E-state index is 0.0554. The molecule has 38 heavy (non-hydrogen) atoms. The van der Waals surface area contributed by atoms with Gasteiger partial charge in [0.2, 0.25) is 0 Å². The molecule has 3 unspecified atom stereocenters. The Morgan fingerprint density at radius 3 is 2.42 bits per heavy atom. The number of hydrogen-bond donors (Lipinski definition) is 1. The molecule has 2 bridgehead atoms. The van der Waals surface area contributed by atoms with Gasteiger partial charge in [0.15, 0.2) is 0 Å². The third-order valence-electron chi connectivity index (χ3n) is 8.22. The maximum absolute atomic E-state index is 15.3. The molecule has 0 radical (unpaired) electrons. The molecule has 5 rings (SSSR count). The number of benzene rings is 1. The number of rotatable bonds is 6. The van der Waals surface area contributed by atoms with Crippen molar-refractivity contribution in [3.8, 4) is 11.1 Å². The van der Waals surface area contributed by atoms with Crippen LogP contribution in [0.4, 0.5) is 14.9 Å². The van der Waals surface area contributed by atoms with Gasteiger partial charge >= 0.3 is 6.09 Å². The van der Waals surface area contributed by atoms with Crippen molar-refractivity contribution in [2.75, 3.05) is 31.1 Å². The number of anilines is 1. The highest BCUT2D eigenvalue weighted by atomic mass is 19.1. The van der Waals surface area contributed by atoms with E-state index >= 15 is 4.39 Å². The summed E-state index contributed by atoms with van der Waals surface area (Å²) in [6, 6.07) is 8.69. The molecular formula is C29H37FN4O4. The van der Waals surface area contributed by atoms with Crippen molar-refractivity contribution in [2.24, 2.45) is 0 Å². The third kappa shape index (κ3) is 5.34. The molecule has 3 fully saturated rings. The monoisotopic (exact) mass is 524 g/mol. The fourth-order valence-electron chi connectivity index (χ4n) is 6.21. The summed E-state index contributed by atoms with van der Waals surface area (Å²) in [5.41, 5.74) is 2.27. The zero-order valence-corrected chi connectivity index (χ0v) is 22.2. The SMILES string of the molecule is CCN(CC)C(=O)c1ccc(-c2ccc(N3CCCC(OC(=O)N4C5CCC4CC(O)C5)C3)c(F)c2)cn1. The molecule has 2 amide bonds. The number of nitrogens with zero attached hydrogens (tertiary/aromatic N) is 4. The molecule has 9 heteroatoms. The summed E-state index contributed by atoms with van der Waals surface area (Å²) in [5.74, 6) is -0.463. The molecule has 3 aliphatic rings. The number of ether oxygens (including phenoxy) is 1. The van der Waals surface area contributed by atoms with Gasteiger partial charge in [-0.15, -0.1) is 0 Å². The number of carbonyl (C=O) groups excluding carboxylic acids is 2. The molecule has 3 atom stereocenters. The third-order valence-corrected chi connectivity index (χ3v) is 8.22. The molecule has 0 aliphatic carbocycles. The van der Waals surface area contributed by atoms with Gasteiger partial charge in [-0.1, -0.05) is 12.1 Å². The number of aliphatic hydroxyl groups excluding tert-OH is 1. The summed E-state index contributed by atoms with van der Waals surface area (Å²) in [5, 5.41) is 10.0. The van der Waals surface area contributed by atoms with Crippen molar-refractivity contribution in [3.63, 3.8) is 0 Å². The van der Waals surface area contributed by atoms with Crippen LogP contribution in [0.3, 0.4) is 0 Å². The first-order valence-electron chi connectivity index (χ1n) is 13.8. The number of piperidine rings is 2. The van der Waals surface area contributed by atoms with Crippen LogP contribution < -0.4 is 4.90 Å². The Morgan fingerprint density at radius 2 is 1.79 bits per heavy atom. The van der Waals surface area contributed by atoms with Crippen LogP contribution in [-0.2, 0) is 4.74 Å². The van der Waals surface area contributed by atoms with E-state index in [1.54, 1.807) is 29.3 Å². The van der Waals surface area contributed by atoms with E-state index in [0.717, 1.165) is 31.2 Å². The lowest BCUT2D eigenvalue weighted by atomic mass is 10.0. The Bertz CT molecular complexity index is 1140. The molecule has 2 aromatic rings. The van der Waals surface area contributed by atoms with Crippen molar-refractivity contribution in [1.29, 1.82) is 0 Å². The fourth-order valence-corrected chi connectivity index (χ4v) is 6.21. The number of halogens is 1.